The van der Waals surface area contributed by atoms with E-state index < -0.39 is 5.60 Å². The molecule has 0 spiro atoms. The topological polar surface area (TPSA) is 86.0 Å². The Balaban J connectivity index is 1.70. The van der Waals surface area contributed by atoms with Gasteiger partial charge in [-0.15, -0.1) is 0 Å². The number of nitrogens with one attached hydrogen (secondary N) is 1. The lowest BCUT2D eigenvalue weighted by molar-refractivity contribution is -0.0543. The maximum atomic E-state index is 10.4. The Morgan fingerprint density at radius 3 is 2.45 bits per heavy atom. The lowest BCUT2D eigenvalue weighted by atomic mass is 9.94. The maximum absolute atomic E-state index is 10.4. The van der Waals surface area contributed by atoms with Crippen molar-refractivity contribution in [1.29, 1.82) is 0 Å². The minimum absolute atomic E-state index is 0.445. The Morgan fingerprint density at radius 2 is 1.75 bits per heavy atom. The second-order valence-corrected chi connectivity index (χ2v) is 5.27. The molecule has 0 amide bonds. The Bertz CT molecular complexity index is 486. The summed E-state index contributed by atoms with van der Waals surface area (Å²) in [5.41, 5.74) is 6.61. The van der Waals surface area contributed by atoms with Gasteiger partial charge in [0.15, 0.2) is 11.5 Å². The number of ether oxygens (including phenoxy) is 3. The number of hydrogen-bond acceptors (Lipinski definition) is 6. The van der Waals surface area contributed by atoms with Crippen LogP contribution in [0.15, 0.2) is 12.1 Å². The van der Waals surface area contributed by atoms with Gasteiger partial charge in [0.1, 0.15) is 13.2 Å². The molecule has 0 bridgehead atoms. The predicted molar refractivity (Wildman–Crippen MR) is 75.3 cm³/mol. The van der Waals surface area contributed by atoms with Crippen LogP contribution in [0.2, 0.25) is 0 Å². The number of hydrogen-bond donors (Lipinski definition) is 3. The van der Waals surface area contributed by atoms with E-state index in [1.54, 1.807) is 6.07 Å². The van der Waals surface area contributed by atoms with Crippen molar-refractivity contribution < 1.29 is 19.3 Å². The van der Waals surface area contributed by atoms with Gasteiger partial charge < -0.3 is 30.4 Å². The van der Waals surface area contributed by atoms with Crippen molar-refractivity contribution in [2.75, 3.05) is 44.0 Å². The molecule has 1 aromatic rings. The fraction of sp³-hybridized carbons (Fsp3) is 0.571. The molecule has 0 saturated carbocycles. The molecule has 1 fully saturated rings. The zero-order valence-electron chi connectivity index (χ0n) is 11.4. The average molecular weight is 280 g/mol. The number of rotatable bonds is 3. The standard InChI is InChI=1S/C14H20N2O4/c15-10-7-12-13(20-6-5-19-12)8-11(10)16-9-14(17)1-3-18-4-2-14/h7-8,16-17H,1-6,9,15H2. The van der Waals surface area contributed by atoms with Crippen LogP contribution in [-0.4, -0.2) is 43.7 Å². The van der Waals surface area contributed by atoms with Gasteiger partial charge in [0.2, 0.25) is 0 Å². The molecule has 110 valence electrons. The Hall–Kier alpha value is -1.66. The number of benzene rings is 1. The molecule has 2 aliphatic rings. The molecule has 0 aromatic heterocycles. The molecule has 20 heavy (non-hydrogen) atoms. The second kappa shape index (κ2) is 5.38. The monoisotopic (exact) mass is 280 g/mol. The molecule has 3 rings (SSSR count). The Morgan fingerprint density at radius 1 is 1.10 bits per heavy atom. The van der Waals surface area contributed by atoms with Crippen molar-refractivity contribution in [2.45, 2.75) is 18.4 Å². The molecule has 0 aliphatic carbocycles. The van der Waals surface area contributed by atoms with Crippen molar-refractivity contribution in [1.82, 2.24) is 0 Å². The van der Waals surface area contributed by atoms with E-state index in [1.165, 1.54) is 0 Å². The van der Waals surface area contributed by atoms with E-state index in [2.05, 4.69) is 5.32 Å². The average Bonchev–Trinajstić information content (AvgIpc) is 2.46. The molecule has 6 nitrogen and oxygen atoms in total. The van der Waals surface area contributed by atoms with Gasteiger partial charge in [-0.05, 0) is 0 Å². The van der Waals surface area contributed by atoms with Crippen molar-refractivity contribution in [3.05, 3.63) is 12.1 Å². The van der Waals surface area contributed by atoms with E-state index in [9.17, 15) is 5.11 Å². The Labute approximate surface area is 117 Å². The van der Waals surface area contributed by atoms with E-state index in [0.717, 1.165) is 5.69 Å². The maximum Gasteiger partial charge on any atom is 0.163 e. The highest BCUT2D eigenvalue weighted by atomic mass is 16.6. The highest BCUT2D eigenvalue weighted by Gasteiger charge is 2.29. The lowest BCUT2D eigenvalue weighted by Gasteiger charge is -2.32. The first-order chi connectivity index (χ1) is 9.66. The van der Waals surface area contributed by atoms with Crippen molar-refractivity contribution in [3.8, 4) is 11.5 Å². The number of aliphatic hydroxyl groups is 1. The summed E-state index contributed by atoms with van der Waals surface area (Å²) in [4.78, 5) is 0. The number of nitrogen functional groups attached to an aromatic ring is 1. The molecule has 0 atom stereocenters. The molecular weight excluding hydrogens is 260 g/mol. The van der Waals surface area contributed by atoms with E-state index in [0.29, 0.717) is 63.0 Å². The predicted octanol–water partition coefficient (Wildman–Crippen LogP) is 0.993. The van der Waals surface area contributed by atoms with Crippen molar-refractivity contribution >= 4 is 11.4 Å². The largest absolute Gasteiger partial charge is 0.486 e. The molecule has 2 aliphatic heterocycles. The summed E-state index contributed by atoms with van der Waals surface area (Å²) < 4.78 is 16.3. The van der Waals surface area contributed by atoms with Crippen LogP contribution in [-0.2, 0) is 4.74 Å². The summed E-state index contributed by atoms with van der Waals surface area (Å²) in [5, 5.41) is 13.6. The fourth-order valence-electron chi connectivity index (χ4n) is 2.45. The molecule has 0 radical (unpaired) electrons. The lowest BCUT2D eigenvalue weighted by Crippen LogP contribution is -2.42. The Kier molecular flexibility index (Phi) is 3.58. The van der Waals surface area contributed by atoms with Gasteiger partial charge in [-0.2, -0.15) is 0 Å². The molecular formula is C14H20N2O4. The summed E-state index contributed by atoms with van der Waals surface area (Å²) in [6, 6.07) is 3.58. The third-order valence-electron chi connectivity index (χ3n) is 3.75. The summed E-state index contributed by atoms with van der Waals surface area (Å²) in [6.45, 7) is 2.71. The van der Waals surface area contributed by atoms with E-state index >= 15 is 0 Å². The molecule has 4 N–H and O–H groups in total. The number of fused-ring (bicyclic) bond motifs is 1. The molecule has 0 unspecified atom stereocenters. The summed E-state index contributed by atoms with van der Waals surface area (Å²) in [5.74, 6) is 1.36. The third-order valence-corrected chi connectivity index (χ3v) is 3.75. The van der Waals surface area contributed by atoms with Gasteiger partial charge >= 0.3 is 0 Å². The highest BCUT2D eigenvalue weighted by Crippen LogP contribution is 2.37. The third kappa shape index (κ3) is 2.76. The smallest absolute Gasteiger partial charge is 0.163 e. The normalized spacial score (nSPS) is 20.4. The van der Waals surface area contributed by atoms with Gasteiger partial charge in [0, 0.05) is 44.7 Å². The number of anilines is 2. The second-order valence-electron chi connectivity index (χ2n) is 5.27. The van der Waals surface area contributed by atoms with Crippen LogP contribution in [0.4, 0.5) is 11.4 Å². The summed E-state index contributed by atoms with van der Waals surface area (Å²) in [6.07, 6.45) is 1.26. The van der Waals surface area contributed by atoms with Crippen LogP contribution in [0.1, 0.15) is 12.8 Å². The first-order valence-electron chi connectivity index (χ1n) is 6.89. The van der Waals surface area contributed by atoms with Gasteiger partial charge in [-0.25, -0.2) is 0 Å². The van der Waals surface area contributed by atoms with Crippen LogP contribution < -0.4 is 20.5 Å². The van der Waals surface area contributed by atoms with Crippen molar-refractivity contribution in [3.63, 3.8) is 0 Å². The molecule has 2 heterocycles. The van der Waals surface area contributed by atoms with Crippen LogP contribution >= 0.6 is 0 Å². The van der Waals surface area contributed by atoms with Crippen LogP contribution in [0.5, 0.6) is 11.5 Å². The summed E-state index contributed by atoms with van der Waals surface area (Å²) in [7, 11) is 0. The minimum Gasteiger partial charge on any atom is -0.486 e. The van der Waals surface area contributed by atoms with Gasteiger partial charge in [0.25, 0.3) is 0 Å². The summed E-state index contributed by atoms with van der Waals surface area (Å²) >= 11 is 0. The van der Waals surface area contributed by atoms with Gasteiger partial charge in [-0.3, -0.25) is 0 Å². The highest BCUT2D eigenvalue weighted by molar-refractivity contribution is 5.72. The van der Waals surface area contributed by atoms with E-state index in [4.69, 9.17) is 19.9 Å². The molecule has 6 heteroatoms. The van der Waals surface area contributed by atoms with Gasteiger partial charge in [0.05, 0.1) is 17.0 Å². The minimum atomic E-state index is -0.738. The first kappa shape index (κ1) is 13.3. The van der Waals surface area contributed by atoms with Crippen molar-refractivity contribution in [2.24, 2.45) is 0 Å². The quantitative estimate of drug-likeness (QED) is 0.716. The molecule has 1 saturated heterocycles. The van der Waals surface area contributed by atoms with Crippen LogP contribution in [0.3, 0.4) is 0 Å². The first-order valence-corrected chi connectivity index (χ1v) is 6.89. The van der Waals surface area contributed by atoms with Crippen LogP contribution in [0, 0.1) is 0 Å². The van der Waals surface area contributed by atoms with E-state index in [-0.39, 0.29) is 0 Å². The fourth-order valence-corrected chi connectivity index (χ4v) is 2.45. The molecule has 1 aromatic carbocycles. The van der Waals surface area contributed by atoms with Gasteiger partial charge in [-0.1, -0.05) is 0 Å². The zero-order valence-corrected chi connectivity index (χ0v) is 11.4. The van der Waals surface area contributed by atoms with E-state index in [1.807, 2.05) is 6.07 Å². The number of nitrogens with two attached hydrogens (primary N) is 1. The van der Waals surface area contributed by atoms with Crippen LogP contribution in [0.25, 0.3) is 0 Å². The SMILES string of the molecule is Nc1cc2c(cc1NCC1(O)CCOCC1)OCCO2. The zero-order chi connectivity index (χ0) is 14.0.